The van der Waals surface area contributed by atoms with Crippen molar-refractivity contribution < 1.29 is 27.9 Å². The van der Waals surface area contributed by atoms with Gasteiger partial charge < -0.3 is 10.1 Å². The zero-order valence-electron chi connectivity index (χ0n) is 16.0. The van der Waals surface area contributed by atoms with Crippen molar-refractivity contribution >= 4 is 23.3 Å². The number of rotatable bonds is 7. The number of hydrogen-bond donors (Lipinski definition) is 1. The molecule has 7 heteroatoms. The van der Waals surface area contributed by atoms with Crippen LogP contribution in [0.5, 0.6) is 0 Å². The van der Waals surface area contributed by atoms with Crippen LogP contribution in [0.15, 0.2) is 36.4 Å². The van der Waals surface area contributed by atoms with Gasteiger partial charge in [-0.1, -0.05) is 18.2 Å². The minimum Gasteiger partial charge on any atom is -0.453 e. The molecular formula is C22H21F2NO4. The zero-order valence-corrected chi connectivity index (χ0v) is 16.0. The van der Waals surface area contributed by atoms with Crippen molar-refractivity contribution in [3.8, 4) is 0 Å². The van der Waals surface area contributed by atoms with Gasteiger partial charge in [-0.05, 0) is 55.5 Å². The molecule has 0 radical (unpaired) electrons. The van der Waals surface area contributed by atoms with Crippen molar-refractivity contribution in [1.82, 2.24) is 0 Å². The maximum atomic E-state index is 13.6. The molecular weight excluding hydrogens is 380 g/mol. The van der Waals surface area contributed by atoms with Crippen LogP contribution in [-0.2, 0) is 27.2 Å². The van der Waals surface area contributed by atoms with Crippen LogP contribution in [0, 0.1) is 11.6 Å². The molecule has 2 aromatic carbocycles. The second-order valence-electron chi connectivity index (χ2n) is 6.98. The molecule has 0 heterocycles. The number of Topliss-reactive ketones (excluding diaryl/α,β-unsaturated/α-hetero) is 1. The van der Waals surface area contributed by atoms with Gasteiger partial charge >= 0.3 is 5.97 Å². The smallest absolute Gasteiger partial charge is 0.307 e. The monoisotopic (exact) mass is 401 g/mol. The number of ether oxygens (including phenoxy) is 1. The second kappa shape index (κ2) is 8.94. The molecule has 1 atom stereocenters. The van der Waals surface area contributed by atoms with Crippen LogP contribution in [0.2, 0.25) is 0 Å². The highest BCUT2D eigenvalue weighted by molar-refractivity contribution is 5.98. The number of para-hydroxylation sites is 1. The largest absolute Gasteiger partial charge is 0.453 e. The summed E-state index contributed by atoms with van der Waals surface area (Å²) in [7, 11) is 0. The number of carbonyl (C=O) groups excluding carboxylic acids is 3. The van der Waals surface area contributed by atoms with Gasteiger partial charge in [-0.3, -0.25) is 14.4 Å². The Morgan fingerprint density at radius 2 is 1.72 bits per heavy atom. The van der Waals surface area contributed by atoms with Crippen molar-refractivity contribution in [3.05, 3.63) is 64.7 Å². The first-order chi connectivity index (χ1) is 13.8. The van der Waals surface area contributed by atoms with Gasteiger partial charge in [0.1, 0.15) is 17.3 Å². The van der Waals surface area contributed by atoms with E-state index in [0.29, 0.717) is 5.56 Å². The van der Waals surface area contributed by atoms with Crippen LogP contribution in [0.4, 0.5) is 14.5 Å². The Kier molecular flexibility index (Phi) is 6.36. The number of ketones is 1. The van der Waals surface area contributed by atoms with Crippen LogP contribution >= 0.6 is 0 Å². The first-order valence-electron chi connectivity index (χ1n) is 9.44. The Labute approximate surface area is 167 Å². The fourth-order valence-electron chi connectivity index (χ4n) is 3.26. The van der Waals surface area contributed by atoms with E-state index in [0.717, 1.165) is 31.4 Å². The summed E-state index contributed by atoms with van der Waals surface area (Å²) in [6.07, 6.45) is 1.54. The molecule has 1 N–H and O–H groups in total. The highest BCUT2D eigenvalue weighted by Crippen LogP contribution is 2.23. The van der Waals surface area contributed by atoms with Crippen LogP contribution in [0.1, 0.15) is 47.7 Å². The van der Waals surface area contributed by atoms with E-state index in [9.17, 15) is 23.2 Å². The Bertz CT molecular complexity index is 938. The van der Waals surface area contributed by atoms with E-state index in [-0.39, 0.29) is 18.6 Å². The molecule has 1 amide bonds. The van der Waals surface area contributed by atoms with Gasteiger partial charge in [0.15, 0.2) is 11.9 Å². The summed E-state index contributed by atoms with van der Waals surface area (Å²) < 4.78 is 32.2. The predicted octanol–water partition coefficient (Wildman–Crippen LogP) is 3.99. The fourth-order valence-corrected chi connectivity index (χ4v) is 3.26. The lowest BCUT2D eigenvalue weighted by Crippen LogP contribution is -2.30. The van der Waals surface area contributed by atoms with Gasteiger partial charge in [0.2, 0.25) is 0 Å². The normalized spacial score (nSPS) is 13.5. The van der Waals surface area contributed by atoms with Gasteiger partial charge in [0.05, 0.1) is 6.42 Å². The quantitative estimate of drug-likeness (QED) is 0.563. The van der Waals surface area contributed by atoms with E-state index in [1.54, 1.807) is 6.07 Å². The molecule has 0 saturated heterocycles. The predicted molar refractivity (Wildman–Crippen MR) is 103 cm³/mol. The van der Waals surface area contributed by atoms with Crippen molar-refractivity contribution in [1.29, 1.82) is 0 Å². The first kappa shape index (κ1) is 20.6. The third-order valence-corrected chi connectivity index (χ3v) is 4.87. The van der Waals surface area contributed by atoms with Crippen LogP contribution in [0.25, 0.3) is 0 Å². The second-order valence-corrected chi connectivity index (χ2v) is 6.98. The minimum absolute atomic E-state index is 0.0477. The van der Waals surface area contributed by atoms with E-state index >= 15 is 0 Å². The molecule has 0 fully saturated rings. The number of amides is 1. The van der Waals surface area contributed by atoms with Gasteiger partial charge in [-0.15, -0.1) is 0 Å². The molecule has 1 aliphatic carbocycles. The molecule has 3 rings (SSSR count). The number of esters is 1. The van der Waals surface area contributed by atoms with Gasteiger partial charge in [-0.2, -0.15) is 0 Å². The fraction of sp³-hybridized carbons (Fsp3) is 0.318. The molecule has 0 aliphatic heterocycles. The maximum absolute atomic E-state index is 13.6. The lowest BCUT2D eigenvalue weighted by molar-refractivity contribution is -0.153. The standard InChI is InChI=1S/C22H21F2NO4/c1-13(22(28)25-21-17(23)6-3-7-18(21)24)29-20(27)11-10-19(26)16-9-8-14-4-2-5-15(14)12-16/h3,6-9,12-13H,2,4-5,10-11H2,1H3,(H,25,28)/t13-/m0/s1. The summed E-state index contributed by atoms with van der Waals surface area (Å²) in [4.78, 5) is 36.3. The third-order valence-electron chi connectivity index (χ3n) is 4.87. The number of halogens is 2. The average molecular weight is 401 g/mol. The van der Waals surface area contributed by atoms with Crippen LogP contribution < -0.4 is 5.32 Å². The number of fused-ring (bicyclic) bond motifs is 1. The highest BCUT2D eigenvalue weighted by atomic mass is 19.1. The van der Waals surface area contributed by atoms with Gasteiger partial charge in [0.25, 0.3) is 5.91 Å². The number of nitrogens with one attached hydrogen (secondary N) is 1. The number of carbonyl (C=O) groups is 3. The zero-order chi connectivity index (χ0) is 21.0. The lowest BCUT2D eigenvalue weighted by Gasteiger charge is -2.14. The van der Waals surface area contributed by atoms with E-state index in [1.807, 2.05) is 12.1 Å². The molecule has 2 aromatic rings. The van der Waals surface area contributed by atoms with Crippen molar-refractivity contribution in [2.24, 2.45) is 0 Å². The SMILES string of the molecule is C[C@H](OC(=O)CCC(=O)c1ccc2c(c1)CCC2)C(=O)Nc1c(F)cccc1F. The molecule has 29 heavy (non-hydrogen) atoms. The Morgan fingerprint density at radius 1 is 1.03 bits per heavy atom. The number of anilines is 1. The third kappa shape index (κ3) is 5.04. The van der Waals surface area contributed by atoms with Crippen molar-refractivity contribution in [2.75, 3.05) is 5.32 Å². The lowest BCUT2D eigenvalue weighted by atomic mass is 10.0. The summed E-state index contributed by atoms with van der Waals surface area (Å²) in [6.45, 7) is 1.29. The Morgan fingerprint density at radius 3 is 2.45 bits per heavy atom. The van der Waals surface area contributed by atoms with E-state index in [1.165, 1.54) is 24.1 Å². The molecule has 152 valence electrons. The van der Waals surface area contributed by atoms with Crippen LogP contribution in [0.3, 0.4) is 0 Å². The molecule has 5 nitrogen and oxygen atoms in total. The van der Waals surface area contributed by atoms with Gasteiger partial charge in [-0.25, -0.2) is 8.78 Å². The Balaban J connectivity index is 1.49. The molecule has 0 unspecified atom stereocenters. The Hall–Kier alpha value is -3.09. The maximum Gasteiger partial charge on any atom is 0.307 e. The van der Waals surface area contributed by atoms with E-state index in [2.05, 4.69) is 5.32 Å². The topological polar surface area (TPSA) is 72.5 Å². The minimum atomic E-state index is -1.27. The van der Waals surface area contributed by atoms with Crippen LogP contribution in [-0.4, -0.2) is 23.8 Å². The van der Waals surface area contributed by atoms with Crippen molar-refractivity contribution in [3.63, 3.8) is 0 Å². The van der Waals surface area contributed by atoms with E-state index < -0.39 is 35.3 Å². The molecule has 0 bridgehead atoms. The summed E-state index contributed by atoms with van der Waals surface area (Å²) in [5.74, 6) is -3.65. The summed E-state index contributed by atoms with van der Waals surface area (Å²) in [5.41, 5.74) is 2.38. The van der Waals surface area contributed by atoms with Gasteiger partial charge in [0, 0.05) is 12.0 Å². The summed E-state index contributed by atoms with van der Waals surface area (Å²) in [5, 5.41) is 2.07. The molecule has 1 aliphatic rings. The highest BCUT2D eigenvalue weighted by Gasteiger charge is 2.21. The molecule has 0 saturated carbocycles. The van der Waals surface area contributed by atoms with Crippen molar-refractivity contribution in [2.45, 2.75) is 45.1 Å². The number of benzene rings is 2. The summed E-state index contributed by atoms with van der Waals surface area (Å²) >= 11 is 0. The summed E-state index contributed by atoms with van der Waals surface area (Å²) in [6, 6.07) is 8.75. The average Bonchev–Trinajstić information content (AvgIpc) is 3.16. The van der Waals surface area contributed by atoms with E-state index in [4.69, 9.17) is 4.74 Å². The molecule has 0 spiro atoms. The number of aryl methyl sites for hydroxylation is 2. The number of hydrogen-bond acceptors (Lipinski definition) is 4. The molecule has 0 aromatic heterocycles. The first-order valence-corrected chi connectivity index (χ1v) is 9.44.